The first-order valence-electron chi connectivity index (χ1n) is 9.17. The lowest BCUT2D eigenvalue weighted by atomic mass is 10.1. The Hall–Kier alpha value is -2.83. The summed E-state index contributed by atoms with van der Waals surface area (Å²) < 4.78 is 0. The first kappa shape index (κ1) is 19.5. The first-order chi connectivity index (χ1) is 14.0. The fourth-order valence-electron chi connectivity index (χ4n) is 3.44. The minimum Gasteiger partial charge on any atom is -0.350 e. The predicted molar refractivity (Wildman–Crippen MR) is 112 cm³/mol. The predicted octanol–water partition coefficient (Wildman–Crippen LogP) is 4.01. The summed E-state index contributed by atoms with van der Waals surface area (Å²) in [6, 6.07) is 13.3. The van der Waals surface area contributed by atoms with Crippen molar-refractivity contribution in [2.75, 3.05) is 23.3 Å². The van der Waals surface area contributed by atoms with Gasteiger partial charge in [-0.25, -0.2) is 4.90 Å². The number of hydrogen-bond acceptors (Lipinski definition) is 4. The van der Waals surface area contributed by atoms with Crippen LogP contribution in [0.4, 0.5) is 11.4 Å². The Morgan fingerprint density at radius 2 is 1.66 bits per heavy atom. The summed E-state index contributed by atoms with van der Waals surface area (Å²) in [6.45, 7) is 1.49. The third-order valence-electron chi connectivity index (χ3n) is 4.89. The van der Waals surface area contributed by atoms with Crippen LogP contribution in [0.25, 0.3) is 0 Å². The fourth-order valence-corrected chi connectivity index (χ4v) is 3.87. The van der Waals surface area contributed by atoms with Crippen molar-refractivity contribution in [3.8, 4) is 0 Å². The van der Waals surface area contributed by atoms with Crippen molar-refractivity contribution in [1.29, 1.82) is 0 Å². The highest BCUT2D eigenvalue weighted by molar-refractivity contribution is 6.53. The Balaban J connectivity index is 1.59. The van der Waals surface area contributed by atoms with Crippen LogP contribution < -0.4 is 10.2 Å². The number of rotatable bonds is 4. The van der Waals surface area contributed by atoms with E-state index in [-0.39, 0.29) is 27.3 Å². The van der Waals surface area contributed by atoms with Crippen LogP contribution in [0.3, 0.4) is 0 Å². The lowest BCUT2D eigenvalue weighted by molar-refractivity contribution is -0.120. The van der Waals surface area contributed by atoms with Gasteiger partial charge < -0.3 is 10.2 Å². The molecule has 148 valence electrons. The molecule has 1 N–H and O–H groups in total. The maximum absolute atomic E-state index is 12.9. The molecule has 3 amide bonds. The molecule has 0 spiro atoms. The van der Waals surface area contributed by atoms with Crippen molar-refractivity contribution in [1.82, 2.24) is 4.90 Å². The maximum atomic E-state index is 12.9. The molecule has 2 heterocycles. The second-order valence-electron chi connectivity index (χ2n) is 6.79. The van der Waals surface area contributed by atoms with Gasteiger partial charge in [-0.2, -0.15) is 0 Å². The molecular weight excluding hydrogens is 413 g/mol. The molecule has 0 atom stereocenters. The highest BCUT2D eigenvalue weighted by Gasteiger charge is 2.39. The summed E-state index contributed by atoms with van der Waals surface area (Å²) in [4.78, 5) is 40.8. The van der Waals surface area contributed by atoms with Crippen LogP contribution in [0.5, 0.6) is 0 Å². The average Bonchev–Trinajstić information content (AvgIpc) is 3.33. The molecule has 2 aliphatic heterocycles. The largest absolute Gasteiger partial charge is 0.350 e. The van der Waals surface area contributed by atoms with E-state index in [0.717, 1.165) is 30.8 Å². The number of nitrogens with one attached hydrogen (secondary N) is 1. The van der Waals surface area contributed by atoms with Gasteiger partial charge in [0.15, 0.2) is 0 Å². The van der Waals surface area contributed by atoms with Gasteiger partial charge in [0.2, 0.25) is 0 Å². The number of amides is 3. The summed E-state index contributed by atoms with van der Waals surface area (Å²) in [5.41, 5.74) is 1.21. The molecule has 2 aliphatic rings. The van der Waals surface area contributed by atoms with Gasteiger partial charge in [0.05, 0.1) is 10.7 Å². The average molecular weight is 430 g/mol. The summed E-state index contributed by atoms with van der Waals surface area (Å²) in [7, 11) is 0. The molecule has 0 radical (unpaired) electrons. The summed E-state index contributed by atoms with van der Waals surface area (Å²) in [5, 5.41) is 2.93. The van der Waals surface area contributed by atoms with Crippen molar-refractivity contribution in [3.05, 3.63) is 69.8 Å². The molecule has 8 heteroatoms. The lowest BCUT2D eigenvalue weighted by Gasteiger charge is -2.17. The van der Waals surface area contributed by atoms with E-state index in [1.54, 1.807) is 53.4 Å². The van der Waals surface area contributed by atoms with E-state index >= 15 is 0 Å². The van der Waals surface area contributed by atoms with Crippen LogP contribution in [-0.2, 0) is 9.59 Å². The second kappa shape index (κ2) is 7.89. The fraction of sp³-hybridized carbons (Fsp3) is 0.190. The number of carbonyl (C=O) groups is 3. The van der Waals surface area contributed by atoms with Gasteiger partial charge in [-0.15, -0.1) is 0 Å². The molecule has 1 saturated heterocycles. The molecule has 1 fully saturated rings. The van der Waals surface area contributed by atoms with Crippen LogP contribution >= 0.6 is 23.2 Å². The van der Waals surface area contributed by atoms with E-state index in [4.69, 9.17) is 23.2 Å². The Labute approximate surface area is 177 Å². The van der Waals surface area contributed by atoms with Gasteiger partial charge in [0.1, 0.15) is 10.7 Å². The van der Waals surface area contributed by atoms with Crippen molar-refractivity contribution < 1.29 is 14.4 Å². The lowest BCUT2D eigenvalue weighted by Crippen LogP contribution is -2.32. The molecule has 0 aromatic heterocycles. The highest BCUT2D eigenvalue weighted by atomic mass is 35.5. The Bertz CT molecular complexity index is 1040. The standard InChI is InChI=1S/C21H17Cl2N3O3/c22-15-8-1-2-9-16(15)26-20(28)17(23)18(21(26)29)24-14-7-5-6-13(12-14)19(27)25-10-3-4-11-25/h1-2,5-9,12,24H,3-4,10-11H2. The van der Waals surface area contributed by atoms with E-state index in [0.29, 0.717) is 11.3 Å². The monoisotopic (exact) mass is 429 g/mol. The molecule has 0 saturated carbocycles. The normalized spacial score (nSPS) is 16.8. The Morgan fingerprint density at radius 3 is 2.38 bits per heavy atom. The van der Waals surface area contributed by atoms with Crippen molar-refractivity contribution in [2.45, 2.75) is 12.8 Å². The SMILES string of the molecule is O=C(c1cccc(NC2=C(Cl)C(=O)N(c3ccccc3Cl)C2=O)c1)N1CCCC1. The number of anilines is 2. The topological polar surface area (TPSA) is 69.7 Å². The highest BCUT2D eigenvalue weighted by Crippen LogP contribution is 2.34. The molecule has 0 aliphatic carbocycles. The molecule has 4 rings (SSSR count). The van der Waals surface area contributed by atoms with Gasteiger partial charge >= 0.3 is 0 Å². The van der Waals surface area contributed by atoms with Crippen LogP contribution in [0.2, 0.25) is 5.02 Å². The second-order valence-corrected chi connectivity index (χ2v) is 7.58. The van der Waals surface area contributed by atoms with Crippen LogP contribution in [0.1, 0.15) is 23.2 Å². The molecule has 29 heavy (non-hydrogen) atoms. The molecule has 0 unspecified atom stereocenters. The smallest absolute Gasteiger partial charge is 0.283 e. The molecule has 2 aromatic rings. The maximum Gasteiger partial charge on any atom is 0.283 e. The zero-order valence-electron chi connectivity index (χ0n) is 15.3. The van der Waals surface area contributed by atoms with E-state index in [2.05, 4.69) is 5.32 Å². The number of hydrogen-bond donors (Lipinski definition) is 1. The molecule has 0 bridgehead atoms. The van der Waals surface area contributed by atoms with Gasteiger partial charge in [-0.1, -0.05) is 41.4 Å². The quantitative estimate of drug-likeness (QED) is 0.745. The number of carbonyl (C=O) groups excluding carboxylic acids is 3. The molecular formula is C21H17Cl2N3O3. The third-order valence-corrected chi connectivity index (χ3v) is 5.56. The number of nitrogens with zero attached hydrogens (tertiary/aromatic N) is 2. The van der Waals surface area contributed by atoms with Crippen molar-refractivity contribution in [3.63, 3.8) is 0 Å². The van der Waals surface area contributed by atoms with Crippen LogP contribution in [0.15, 0.2) is 59.3 Å². The first-order valence-corrected chi connectivity index (χ1v) is 9.92. The summed E-state index contributed by atoms with van der Waals surface area (Å²) in [5.74, 6) is -1.32. The van der Waals surface area contributed by atoms with E-state index in [1.807, 2.05) is 0 Å². The minimum absolute atomic E-state index is 0.0534. The van der Waals surface area contributed by atoms with Crippen LogP contribution in [0, 0.1) is 0 Å². The van der Waals surface area contributed by atoms with E-state index in [9.17, 15) is 14.4 Å². The third kappa shape index (κ3) is 3.61. The zero-order valence-corrected chi connectivity index (χ0v) is 16.8. The van der Waals surface area contributed by atoms with Gasteiger partial charge in [0.25, 0.3) is 17.7 Å². The number of imide groups is 1. The number of halogens is 2. The number of likely N-dealkylation sites (tertiary alicyclic amines) is 1. The Kier molecular flexibility index (Phi) is 5.30. The molecule has 6 nitrogen and oxygen atoms in total. The van der Waals surface area contributed by atoms with Gasteiger partial charge in [0, 0.05) is 24.3 Å². The van der Waals surface area contributed by atoms with Gasteiger partial charge in [-0.3, -0.25) is 14.4 Å². The molecule has 2 aromatic carbocycles. The number of para-hydroxylation sites is 1. The van der Waals surface area contributed by atoms with Crippen molar-refractivity contribution in [2.24, 2.45) is 0 Å². The van der Waals surface area contributed by atoms with Gasteiger partial charge in [-0.05, 0) is 43.2 Å². The summed E-state index contributed by atoms with van der Waals surface area (Å²) >= 11 is 12.3. The van der Waals surface area contributed by atoms with Crippen molar-refractivity contribution >= 4 is 52.3 Å². The summed E-state index contributed by atoms with van der Waals surface area (Å²) in [6.07, 6.45) is 2.00. The number of benzene rings is 2. The zero-order chi connectivity index (χ0) is 20.5. The van der Waals surface area contributed by atoms with Crippen LogP contribution in [-0.4, -0.2) is 35.7 Å². The Morgan fingerprint density at radius 1 is 0.931 bits per heavy atom. The van der Waals surface area contributed by atoms with E-state index in [1.165, 1.54) is 0 Å². The van der Waals surface area contributed by atoms with E-state index < -0.39 is 11.8 Å². The minimum atomic E-state index is -0.656.